The smallest absolute Gasteiger partial charge is 0.119 e. The molecule has 21 heavy (non-hydrogen) atoms. The third kappa shape index (κ3) is 4.88. The highest BCUT2D eigenvalue weighted by Crippen LogP contribution is 2.16. The zero-order valence-corrected chi connectivity index (χ0v) is 12.6. The van der Waals surface area contributed by atoms with Gasteiger partial charge in [0.1, 0.15) is 18.5 Å². The van der Waals surface area contributed by atoms with Gasteiger partial charge in [0, 0.05) is 6.04 Å². The molecule has 0 amide bonds. The minimum atomic E-state index is -0.689. The molecule has 0 saturated carbocycles. The second kappa shape index (κ2) is 7.25. The maximum Gasteiger partial charge on any atom is 0.119 e. The number of rotatable bonds is 6. The lowest BCUT2D eigenvalue weighted by Gasteiger charge is -2.19. The number of aliphatic hydroxyl groups excluding tert-OH is 1. The third-order valence-corrected chi connectivity index (χ3v) is 3.42. The average molecular weight is 285 g/mol. The Bertz CT molecular complexity index is 548. The minimum Gasteiger partial charge on any atom is -0.491 e. The number of aliphatic hydroxyl groups is 1. The summed E-state index contributed by atoms with van der Waals surface area (Å²) in [6.07, 6.45) is -0.0518. The molecule has 0 spiro atoms. The first kappa shape index (κ1) is 15.5. The summed E-state index contributed by atoms with van der Waals surface area (Å²) >= 11 is 0. The van der Waals surface area contributed by atoms with Gasteiger partial charge in [-0.15, -0.1) is 0 Å². The summed E-state index contributed by atoms with van der Waals surface area (Å²) in [6, 6.07) is 15.6. The molecule has 112 valence electrons. The van der Waals surface area contributed by atoms with Crippen LogP contribution >= 0.6 is 0 Å². The van der Waals surface area contributed by atoms with Gasteiger partial charge in [-0.05, 0) is 49.1 Å². The molecule has 0 aromatic heterocycles. The largest absolute Gasteiger partial charge is 0.491 e. The van der Waals surface area contributed by atoms with E-state index in [0.29, 0.717) is 6.42 Å². The van der Waals surface area contributed by atoms with Gasteiger partial charge in [-0.2, -0.15) is 0 Å². The number of nitrogens with two attached hydrogens (primary N) is 1. The molecule has 0 bridgehead atoms. The summed E-state index contributed by atoms with van der Waals surface area (Å²) in [4.78, 5) is 0. The van der Waals surface area contributed by atoms with Crippen LogP contribution in [-0.2, 0) is 6.42 Å². The molecule has 3 N–H and O–H groups in total. The molecule has 2 aromatic carbocycles. The van der Waals surface area contributed by atoms with Crippen molar-refractivity contribution in [2.24, 2.45) is 5.73 Å². The quantitative estimate of drug-likeness (QED) is 0.858. The van der Waals surface area contributed by atoms with Gasteiger partial charge in [-0.3, -0.25) is 0 Å². The predicted octanol–water partition coefficient (Wildman–Crippen LogP) is 2.61. The predicted molar refractivity (Wildman–Crippen MR) is 85.5 cm³/mol. The molecule has 2 rings (SSSR count). The zero-order chi connectivity index (χ0) is 15.2. The van der Waals surface area contributed by atoms with Gasteiger partial charge < -0.3 is 15.6 Å². The maximum absolute atomic E-state index is 10.1. The van der Waals surface area contributed by atoms with E-state index >= 15 is 0 Å². The average Bonchev–Trinajstić information content (AvgIpc) is 2.44. The van der Waals surface area contributed by atoms with Gasteiger partial charge in [0.2, 0.25) is 0 Å². The Balaban J connectivity index is 1.87. The summed E-state index contributed by atoms with van der Waals surface area (Å²) in [6.45, 7) is 4.26. The van der Waals surface area contributed by atoms with E-state index in [1.54, 1.807) is 0 Å². The van der Waals surface area contributed by atoms with Crippen LogP contribution < -0.4 is 10.5 Å². The van der Waals surface area contributed by atoms with Crippen LogP contribution in [0.15, 0.2) is 48.5 Å². The lowest BCUT2D eigenvalue weighted by Crippen LogP contribution is -2.40. The molecule has 3 heteroatoms. The monoisotopic (exact) mass is 285 g/mol. The van der Waals surface area contributed by atoms with E-state index in [4.69, 9.17) is 10.5 Å². The Morgan fingerprint density at radius 3 is 2.29 bits per heavy atom. The van der Waals surface area contributed by atoms with Crippen molar-refractivity contribution >= 4 is 0 Å². The highest BCUT2D eigenvalue weighted by Gasteiger charge is 2.16. The lowest BCUT2D eigenvalue weighted by molar-refractivity contribution is 0.0851. The van der Waals surface area contributed by atoms with Gasteiger partial charge in [-0.25, -0.2) is 0 Å². The van der Waals surface area contributed by atoms with Crippen LogP contribution in [0, 0.1) is 13.8 Å². The standard InChI is InChI=1S/C18H23NO2/c1-13-8-14(2)10-16(9-13)21-12-18(20)17(19)11-15-6-4-3-5-7-15/h3-10,17-18,20H,11-12,19H2,1-2H3. The molecular formula is C18H23NO2. The fourth-order valence-electron chi connectivity index (χ4n) is 2.34. The first-order valence-electron chi connectivity index (χ1n) is 7.23. The molecule has 0 aliphatic heterocycles. The molecular weight excluding hydrogens is 262 g/mol. The molecule has 0 saturated heterocycles. The molecule has 0 heterocycles. The summed E-state index contributed by atoms with van der Waals surface area (Å²) in [5.41, 5.74) is 9.46. The number of ether oxygens (including phenoxy) is 1. The van der Waals surface area contributed by atoms with E-state index in [1.807, 2.05) is 56.3 Å². The van der Waals surface area contributed by atoms with Gasteiger partial charge in [0.25, 0.3) is 0 Å². The number of aryl methyl sites for hydroxylation is 2. The first-order chi connectivity index (χ1) is 10.0. The highest BCUT2D eigenvalue weighted by atomic mass is 16.5. The van der Waals surface area contributed by atoms with E-state index in [1.165, 1.54) is 0 Å². The Morgan fingerprint density at radius 1 is 1.05 bits per heavy atom. The number of hydrogen-bond acceptors (Lipinski definition) is 3. The molecule has 0 radical (unpaired) electrons. The topological polar surface area (TPSA) is 55.5 Å². The van der Waals surface area contributed by atoms with Crippen molar-refractivity contribution in [2.45, 2.75) is 32.4 Å². The summed E-state index contributed by atoms with van der Waals surface area (Å²) in [5, 5.41) is 10.1. The Labute approximate surface area is 126 Å². The van der Waals surface area contributed by atoms with Crippen molar-refractivity contribution < 1.29 is 9.84 Å². The van der Waals surface area contributed by atoms with Crippen molar-refractivity contribution in [3.8, 4) is 5.75 Å². The molecule has 3 nitrogen and oxygen atoms in total. The Morgan fingerprint density at radius 2 is 1.67 bits per heavy atom. The SMILES string of the molecule is Cc1cc(C)cc(OCC(O)C(N)Cc2ccccc2)c1. The van der Waals surface area contributed by atoms with Crippen molar-refractivity contribution in [3.05, 3.63) is 65.2 Å². The number of hydrogen-bond donors (Lipinski definition) is 2. The molecule has 0 fully saturated rings. The fraction of sp³-hybridized carbons (Fsp3) is 0.333. The van der Waals surface area contributed by atoms with Crippen molar-refractivity contribution in [2.75, 3.05) is 6.61 Å². The van der Waals surface area contributed by atoms with Gasteiger partial charge in [0.15, 0.2) is 0 Å². The molecule has 2 aromatic rings. The normalized spacial score (nSPS) is 13.7. The summed E-state index contributed by atoms with van der Waals surface area (Å²) in [5.74, 6) is 0.776. The van der Waals surface area contributed by atoms with Crippen molar-refractivity contribution in [1.29, 1.82) is 0 Å². The molecule has 2 atom stereocenters. The van der Waals surface area contributed by atoms with E-state index in [0.717, 1.165) is 22.4 Å². The zero-order valence-electron chi connectivity index (χ0n) is 12.6. The van der Waals surface area contributed by atoms with E-state index < -0.39 is 6.10 Å². The summed E-state index contributed by atoms with van der Waals surface area (Å²) in [7, 11) is 0. The second-order valence-electron chi connectivity index (χ2n) is 5.56. The Hall–Kier alpha value is -1.84. The van der Waals surface area contributed by atoms with Crippen LogP contribution in [0.1, 0.15) is 16.7 Å². The maximum atomic E-state index is 10.1. The number of benzene rings is 2. The van der Waals surface area contributed by atoms with Crippen molar-refractivity contribution in [1.82, 2.24) is 0 Å². The van der Waals surface area contributed by atoms with Crippen molar-refractivity contribution in [3.63, 3.8) is 0 Å². The minimum absolute atomic E-state index is 0.205. The van der Waals surface area contributed by atoms with Gasteiger partial charge in [0.05, 0.1) is 0 Å². The van der Waals surface area contributed by atoms with Crippen LogP contribution in [0.4, 0.5) is 0 Å². The molecule has 2 unspecified atom stereocenters. The van der Waals surface area contributed by atoms with Gasteiger partial charge in [-0.1, -0.05) is 36.4 Å². The van der Waals surface area contributed by atoms with E-state index in [9.17, 15) is 5.11 Å². The fourth-order valence-corrected chi connectivity index (χ4v) is 2.34. The van der Waals surface area contributed by atoms with E-state index in [-0.39, 0.29) is 12.6 Å². The van der Waals surface area contributed by atoms with Gasteiger partial charge >= 0.3 is 0 Å². The second-order valence-corrected chi connectivity index (χ2v) is 5.56. The van der Waals surface area contributed by atoms with E-state index in [2.05, 4.69) is 6.07 Å². The van der Waals surface area contributed by atoms with Crippen LogP contribution in [0.25, 0.3) is 0 Å². The molecule has 0 aliphatic carbocycles. The highest BCUT2D eigenvalue weighted by molar-refractivity contribution is 5.33. The Kier molecular flexibility index (Phi) is 5.37. The van der Waals surface area contributed by atoms with Crippen LogP contribution in [0.3, 0.4) is 0 Å². The lowest BCUT2D eigenvalue weighted by atomic mass is 10.0. The third-order valence-electron chi connectivity index (χ3n) is 3.42. The summed E-state index contributed by atoms with van der Waals surface area (Å²) < 4.78 is 5.66. The first-order valence-corrected chi connectivity index (χ1v) is 7.23. The molecule has 0 aliphatic rings. The van der Waals surface area contributed by atoms with Crippen LogP contribution in [-0.4, -0.2) is 23.9 Å². The van der Waals surface area contributed by atoms with Crippen LogP contribution in [0.5, 0.6) is 5.75 Å². The van der Waals surface area contributed by atoms with Crippen LogP contribution in [0.2, 0.25) is 0 Å².